The number of carboxylic acid groups (broad SMARTS) is 2. The molecule has 1 aromatic rings. The lowest BCUT2D eigenvalue weighted by atomic mass is 10.1. The van der Waals surface area contributed by atoms with E-state index in [-0.39, 0.29) is 22.4 Å². The number of amides is 1. The molecular formula is C12H11NO5. The van der Waals surface area contributed by atoms with Crippen molar-refractivity contribution < 1.29 is 24.6 Å². The number of hydrogen-bond acceptors (Lipinski definition) is 3. The van der Waals surface area contributed by atoms with E-state index in [0.29, 0.717) is 0 Å². The molecule has 0 saturated carbocycles. The summed E-state index contributed by atoms with van der Waals surface area (Å²) in [5.41, 5.74) is -0.266. The fourth-order valence-electron chi connectivity index (χ4n) is 1.22. The Hall–Kier alpha value is -2.63. The maximum absolute atomic E-state index is 11.3. The quantitative estimate of drug-likeness (QED) is 0.703. The van der Waals surface area contributed by atoms with Crippen LogP contribution in [0.3, 0.4) is 0 Å². The van der Waals surface area contributed by atoms with Crippen LogP contribution in [0.1, 0.15) is 27.6 Å². The number of hydrogen-bond donors (Lipinski definition) is 3. The molecular weight excluding hydrogens is 238 g/mol. The van der Waals surface area contributed by atoms with Crippen molar-refractivity contribution in [3.8, 4) is 0 Å². The van der Waals surface area contributed by atoms with E-state index in [4.69, 9.17) is 10.2 Å². The van der Waals surface area contributed by atoms with Gasteiger partial charge in [-0.3, -0.25) is 4.79 Å². The zero-order valence-corrected chi connectivity index (χ0v) is 9.56. The molecule has 0 atom stereocenters. The van der Waals surface area contributed by atoms with Crippen molar-refractivity contribution in [1.29, 1.82) is 0 Å². The van der Waals surface area contributed by atoms with Gasteiger partial charge in [-0.25, -0.2) is 9.59 Å². The number of anilines is 1. The van der Waals surface area contributed by atoms with E-state index in [9.17, 15) is 14.4 Å². The van der Waals surface area contributed by atoms with E-state index in [1.807, 2.05) is 0 Å². The third-order valence-electron chi connectivity index (χ3n) is 2.13. The smallest absolute Gasteiger partial charge is 0.336 e. The molecule has 6 nitrogen and oxygen atoms in total. The van der Waals surface area contributed by atoms with Crippen LogP contribution in [0.5, 0.6) is 0 Å². The van der Waals surface area contributed by atoms with Crippen LogP contribution in [0.4, 0.5) is 5.69 Å². The van der Waals surface area contributed by atoms with Crippen LogP contribution in [0.2, 0.25) is 0 Å². The first-order valence-corrected chi connectivity index (χ1v) is 4.90. The molecule has 1 rings (SSSR count). The van der Waals surface area contributed by atoms with Crippen molar-refractivity contribution in [1.82, 2.24) is 0 Å². The Morgan fingerprint density at radius 2 is 1.67 bits per heavy atom. The second kappa shape index (κ2) is 5.13. The first-order valence-electron chi connectivity index (χ1n) is 4.90. The maximum atomic E-state index is 11.3. The second-order valence-electron chi connectivity index (χ2n) is 3.61. The summed E-state index contributed by atoms with van der Waals surface area (Å²) in [6.45, 7) is 4.93. The van der Waals surface area contributed by atoms with Crippen molar-refractivity contribution >= 4 is 23.5 Å². The molecule has 0 radical (unpaired) electrons. The lowest BCUT2D eigenvalue weighted by Crippen LogP contribution is -2.14. The third-order valence-corrected chi connectivity index (χ3v) is 2.13. The lowest BCUT2D eigenvalue weighted by Gasteiger charge is -2.07. The Kier molecular flexibility index (Phi) is 3.83. The average Bonchev–Trinajstić information content (AvgIpc) is 2.28. The fraction of sp³-hybridized carbons (Fsp3) is 0.0833. The van der Waals surface area contributed by atoms with Crippen molar-refractivity contribution in [3.63, 3.8) is 0 Å². The third kappa shape index (κ3) is 2.94. The van der Waals surface area contributed by atoms with Gasteiger partial charge in [-0.2, -0.15) is 0 Å². The zero-order chi connectivity index (χ0) is 13.9. The van der Waals surface area contributed by atoms with Gasteiger partial charge in [0.05, 0.1) is 11.1 Å². The molecule has 0 aliphatic carbocycles. The van der Waals surface area contributed by atoms with E-state index in [1.165, 1.54) is 13.0 Å². The van der Waals surface area contributed by atoms with E-state index >= 15 is 0 Å². The highest BCUT2D eigenvalue weighted by atomic mass is 16.4. The van der Waals surface area contributed by atoms with Crippen LogP contribution in [-0.4, -0.2) is 28.1 Å². The van der Waals surface area contributed by atoms with E-state index in [2.05, 4.69) is 11.9 Å². The molecule has 1 aromatic carbocycles. The number of carboxylic acids is 2. The van der Waals surface area contributed by atoms with Gasteiger partial charge in [-0.05, 0) is 25.1 Å². The first-order chi connectivity index (χ1) is 8.32. The normalized spacial score (nSPS) is 9.61. The average molecular weight is 249 g/mol. The highest BCUT2D eigenvalue weighted by Gasteiger charge is 2.16. The molecule has 0 bridgehead atoms. The Labute approximate surface area is 103 Å². The predicted molar refractivity (Wildman–Crippen MR) is 63.8 cm³/mol. The van der Waals surface area contributed by atoms with Gasteiger partial charge in [-0.1, -0.05) is 6.58 Å². The Bertz CT molecular complexity index is 547. The summed E-state index contributed by atoms with van der Waals surface area (Å²) in [5, 5.41) is 20.1. The SMILES string of the molecule is C=C(C)C(=O)Nc1ccc(C(=O)O)c(C(=O)O)c1. The summed E-state index contributed by atoms with van der Waals surface area (Å²) in [6, 6.07) is 3.53. The monoisotopic (exact) mass is 249 g/mol. The van der Waals surface area contributed by atoms with Crippen molar-refractivity contribution in [2.45, 2.75) is 6.92 Å². The minimum Gasteiger partial charge on any atom is -0.478 e. The van der Waals surface area contributed by atoms with Crippen molar-refractivity contribution in [3.05, 3.63) is 41.5 Å². The Morgan fingerprint density at radius 3 is 2.11 bits per heavy atom. The molecule has 0 aromatic heterocycles. The van der Waals surface area contributed by atoms with Gasteiger partial charge in [0.1, 0.15) is 0 Å². The van der Waals surface area contributed by atoms with Crippen LogP contribution in [0, 0.1) is 0 Å². The van der Waals surface area contributed by atoms with E-state index in [0.717, 1.165) is 12.1 Å². The number of benzene rings is 1. The molecule has 0 fully saturated rings. The van der Waals surface area contributed by atoms with Gasteiger partial charge in [0.15, 0.2) is 0 Å². The van der Waals surface area contributed by atoms with Crippen LogP contribution < -0.4 is 5.32 Å². The molecule has 0 aliphatic rings. The Balaban J connectivity index is 3.15. The molecule has 1 amide bonds. The largest absolute Gasteiger partial charge is 0.478 e. The molecule has 0 aliphatic heterocycles. The van der Waals surface area contributed by atoms with Gasteiger partial charge in [-0.15, -0.1) is 0 Å². The number of aromatic carboxylic acids is 2. The molecule has 3 N–H and O–H groups in total. The van der Waals surface area contributed by atoms with Crippen LogP contribution in [0.25, 0.3) is 0 Å². The van der Waals surface area contributed by atoms with Crippen LogP contribution in [-0.2, 0) is 4.79 Å². The molecule has 0 spiro atoms. The van der Waals surface area contributed by atoms with E-state index in [1.54, 1.807) is 0 Å². The minimum atomic E-state index is -1.38. The summed E-state index contributed by atoms with van der Waals surface area (Å²) < 4.78 is 0. The number of rotatable bonds is 4. The zero-order valence-electron chi connectivity index (χ0n) is 9.56. The van der Waals surface area contributed by atoms with Gasteiger partial charge >= 0.3 is 11.9 Å². The molecule has 94 valence electrons. The van der Waals surface area contributed by atoms with Gasteiger partial charge in [0.25, 0.3) is 5.91 Å². The maximum Gasteiger partial charge on any atom is 0.336 e. The van der Waals surface area contributed by atoms with Crippen LogP contribution >= 0.6 is 0 Å². The lowest BCUT2D eigenvalue weighted by molar-refractivity contribution is -0.112. The second-order valence-corrected chi connectivity index (χ2v) is 3.61. The fourth-order valence-corrected chi connectivity index (χ4v) is 1.22. The summed E-state index contributed by atoms with van der Waals surface area (Å²) in [7, 11) is 0. The first kappa shape index (κ1) is 13.4. The van der Waals surface area contributed by atoms with Gasteiger partial charge in [0.2, 0.25) is 0 Å². The summed E-state index contributed by atoms with van der Waals surface area (Å²) in [5.74, 6) is -3.18. The standard InChI is InChI=1S/C12H11NO5/c1-6(2)10(14)13-7-3-4-8(11(15)16)9(5-7)12(17)18/h3-5H,1H2,2H3,(H,13,14)(H,15,16)(H,17,18). The number of nitrogens with one attached hydrogen (secondary N) is 1. The molecule has 0 unspecified atom stereocenters. The number of carbonyl (C=O) groups excluding carboxylic acids is 1. The summed E-state index contributed by atoms with van der Waals surface area (Å²) in [4.78, 5) is 33.0. The highest BCUT2D eigenvalue weighted by Crippen LogP contribution is 2.17. The molecule has 0 heterocycles. The van der Waals surface area contributed by atoms with E-state index < -0.39 is 17.8 Å². The molecule has 0 saturated heterocycles. The Morgan fingerprint density at radius 1 is 1.11 bits per heavy atom. The molecule has 6 heteroatoms. The van der Waals surface area contributed by atoms with Crippen molar-refractivity contribution in [2.24, 2.45) is 0 Å². The minimum absolute atomic E-state index is 0.199. The molecule has 18 heavy (non-hydrogen) atoms. The summed E-state index contributed by atoms with van der Waals surface area (Å²) >= 11 is 0. The highest BCUT2D eigenvalue weighted by molar-refractivity contribution is 6.06. The van der Waals surface area contributed by atoms with Crippen LogP contribution in [0.15, 0.2) is 30.4 Å². The number of carbonyl (C=O) groups is 3. The van der Waals surface area contributed by atoms with Gasteiger partial charge in [0, 0.05) is 11.3 Å². The topological polar surface area (TPSA) is 104 Å². The summed E-state index contributed by atoms with van der Waals surface area (Å²) in [6.07, 6.45) is 0. The van der Waals surface area contributed by atoms with Crippen molar-refractivity contribution in [2.75, 3.05) is 5.32 Å². The van der Waals surface area contributed by atoms with Gasteiger partial charge < -0.3 is 15.5 Å². The predicted octanol–water partition coefficient (Wildman–Crippen LogP) is 1.60.